The minimum Gasteiger partial charge on any atom is -0.324 e. The number of carbonyl (C=O) groups is 1. The van der Waals surface area contributed by atoms with E-state index in [1.165, 1.54) is 24.3 Å². The van der Waals surface area contributed by atoms with E-state index in [0.717, 1.165) is 15.9 Å². The predicted octanol–water partition coefficient (Wildman–Crippen LogP) is 3.56. The van der Waals surface area contributed by atoms with E-state index in [1.807, 2.05) is 45.0 Å². The third-order valence-corrected chi connectivity index (χ3v) is 5.24. The fraction of sp³-hybridized carbons (Fsp3) is 0.217. The van der Waals surface area contributed by atoms with Crippen LogP contribution in [0.4, 0.5) is 11.4 Å². The van der Waals surface area contributed by atoms with Crippen molar-refractivity contribution in [1.82, 2.24) is 19.6 Å². The summed E-state index contributed by atoms with van der Waals surface area (Å²) in [4.78, 5) is 36.5. The van der Waals surface area contributed by atoms with Crippen LogP contribution in [0.1, 0.15) is 31.0 Å². The molecule has 4 rings (SSSR count). The Labute approximate surface area is 188 Å². The number of benzene rings is 2. The summed E-state index contributed by atoms with van der Waals surface area (Å²) >= 11 is 0. The summed E-state index contributed by atoms with van der Waals surface area (Å²) in [5.74, 6) is -0.546. The fourth-order valence-electron chi connectivity index (χ4n) is 3.64. The molecule has 10 nitrogen and oxygen atoms in total. The first-order chi connectivity index (χ1) is 15.8. The molecule has 0 bridgehead atoms. The number of non-ortho nitro benzene ring substituents is 1. The van der Waals surface area contributed by atoms with Crippen molar-refractivity contribution >= 4 is 28.2 Å². The van der Waals surface area contributed by atoms with Gasteiger partial charge >= 0.3 is 0 Å². The molecule has 1 N–H and O–H groups in total. The highest BCUT2D eigenvalue weighted by Gasteiger charge is 2.20. The smallest absolute Gasteiger partial charge is 0.293 e. The van der Waals surface area contributed by atoms with Gasteiger partial charge in [0.15, 0.2) is 0 Å². The van der Waals surface area contributed by atoms with Crippen LogP contribution in [-0.2, 0) is 11.3 Å². The number of carbonyl (C=O) groups excluding carboxylic acids is 1. The van der Waals surface area contributed by atoms with Crippen molar-refractivity contribution in [3.63, 3.8) is 0 Å². The van der Waals surface area contributed by atoms with Crippen LogP contribution in [0.5, 0.6) is 0 Å². The van der Waals surface area contributed by atoms with Crippen LogP contribution in [-0.4, -0.2) is 30.4 Å². The lowest BCUT2D eigenvalue weighted by Crippen LogP contribution is -2.31. The van der Waals surface area contributed by atoms with Gasteiger partial charge in [0.25, 0.3) is 11.2 Å². The number of hydrogen-bond donors (Lipinski definition) is 1. The number of hydrogen-bond acceptors (Lipinski definition) is 6. The first kappa shape index (κ1) is 21.9. The molecule has 0 atom stereocenters. The summed E-state index contributed by atoms with van der Waals surface area (Å²) in [6.07, 6.45) is 1.62. The molecular formula is C23H22N6O4. The van der Waals surface area contributed by atoms with Gasteiger partial charge in [-0.05, 0) is 30.5 Å². The maximum atomic E-state index is 13.4. The number of fused-ring (bicyclic) bond motifs is 1. The number of nitro groups is 1. The lowest BCUT2D eigenvalue weighted by atomic mass is 10.1. The highest BCUT2D eigenvalue weighted by molar-refractivity contribution is 5.91. The van der Waals surface area contributed by atoms with Gasteiger partial charge in [0.1, 0.15) is 12.1 Å². The minimum atomic E-state index is -0.544. The van der Waals surface area contributed by atoms with Gasteiger partial charge in [-0.2, -0.15) is 10.2 Å². The summed E-state index contributed by atoms with van der Waals surface area (Å²) in [5.41, 5.74) is 2.35. The second-order valence-corrected chi connectivity index (χ2v) is 7.96. The summed E-state index contributed by atoms with van der Waals surface area (Å²) in [5, 5.41) is 23.1. The Morgan fingerprint density at radius 3 is 2.64 bits per heavy atom. The van der Waals surface area contributed by atoms with Gasteiger partial charge in [-0.3, -0.25) is 19.7 Å². The molecule has 0 radical (unpaired) electrons. The zero-order valence-corrected chi connectivity index (χ0v) is 18.3. The molecule has 168 valence electrons. The Morgan fingerprint density at radius 1 is 1.18 bits per heavy atom. The fourth-order valence-corrected chi connectivity index (χ4v) is 3.64. The second-order valence-electron chi connectivity index (χ2n) is 7.96. The number of nitrogens with zero attached hydrogens (tertiary/aromatic N) is 5. The van der Waals surface area contributed by atoms with Gasteiger partial charge in [-0.25, -0.2) is 9.36 Å². The topological polar surface area (TPSA) is 125 Å². The van der Waals surface area contributed by atoms with E-state index in [1.54, 1.807) is 10.9 Å². The van der Waals surface area contributed by atoms with Crippen molar-refractivity contribution in [1.29, 1.82) is 0 Å². The van der Waals surface area contributed by atoms with Gasteiger partial charge in [-0.15, -0.1) is 0 Å². The summed E-state index contributed by atoms with van der Waals surface area (Å²) < 4.78 is 2.69. The van der Waals surface area contributed by atoms with Crippen molar-refractivity contribution < 1.29 is 9.72 Å². The molecule has 10 heteroatoms. The highest BCUT2D eigenvalue weighted by Crippen LogP contribution is 2.24. The van der Waals surface area contributed by atoms with Crippen LogP contribution < -0.4 is 10.9 Å². The molecule has 0 aliphatic rings. The molecule has 33 heavy (non-hydrogen) atoms. The molecule has 0 saturated carbocycles. The SMILES string of the molecule is Cc1ccccc1-n1ncc2c(C(C)C)nn(CC(=O)Nc3cccc([N+](=O)[O-])c3)c(=O)c21. The number of nitrogens with one attached hydrogen (secondary N) is 1. The second kappa shape index (κ2) is 8.65. The number of nitro benzene ring substituents is 1. The normalized spacial score (nSPS) is 11.2. The van der Waals surface area contributed by atoms with E-state index < -0.39 is 16.4 Å². The molecule has 1 amide bonds. The number of aromatic nitrogens is 4. The van der Waals surface area contributed by atoms with Crippen LogP contribution in [0, 0.1) is 17.0 Å². The lowest BCUT2D eigenvalue weighted by molar-refractivity contribution is -0.384. The Balaban J connectivity index is 1.76. The largest absolute Gasteiger partial charge is 0.324 e. The predicted molar refractivity (Wildman–Crippen MR) is 124 cm³/mol. The van der Waals surface area contributed by atoms with Crippen LogP contribution in [0.2, 0.25) is 0 Å². The average molecular weight is 446 g/mol. The molecular weight excluding hydrogens is 424 g/mol. The van der Waals surface area contributed by atoms with Gasteiger partial charge in [0.2, 0.25) is 5.91 Å². The van der Waals surface area contributed by atoms with Crippen LogP contribution in [0.3, 0.4) is 0 Å². The van der Waals surface area contributed by atoms with Crippen molar-refractivity contribution in [3.8, 4) is 5.69 Å². The third kappa shape index (κ3) is 4.22. The van der Waals surface area contributed by atoms with Gasteiger partial charge in [0.05, 0.1) is 22.5 Å². The molecule has 0 fully saturated rings. The van der Waals surface area contributed by atoms with Gasteiger partial charge in [0, 0.05) is 23.2 Å². The zero-order chi connectivity index (χ0) is 23.7. The van der Waals surface area contributed by atoms with Crippen molar-refractivity contribution in [2.75, 3.05) is 5.32 Å². The van der Waals surface area contributed by atoms with E-state index in [-0.39, 0.29) is 23.8 Å². The van der Waals surface area contributed by atoms with E-state index in [4.69, 9.17) is 0 Å². The third-order valence-electron chi connectivity index (χ3n) is 5.24. The first-order valence-electron chi connectivity index (χ1n) is 10.4. The molecule has 0 saturated heterocycles. The Bertz CT molecular complexity index is 1440. The Kier molecular flexibility index (Phi) is 5.74. The molecule has 0 unspecified atom stereocenters. The van der Waals surface area contributed by atoms with E-state index >= 15 is 0 Å². The monoisotopic (exact) mass is 446 g/mol. The summed E-state index contributed by atoms with van der Waals surface area (Å²) in [7, 11) is 0. The maximum absolute atomic E-state index is 13.4. The van der Waals surface area contributed by atoms with Gasteiger partial charge < -0.3 is 5.32 Å². The Hall–Kier alpha value is -4.34. The standard InChI is InChI=1S/C23H22N6O4/c1-14(2)21-18-12-24-28(19-10-5-4-7-15(19)3)22(18)23(31)27(26-21)13-20(30)25-16-8-6-9-17(11-16)29(32)33/h4-12,14H,13H2,1-3H3,(H,25,30). The number of anilines is 1. The molecule has 0 aliphatic carbocycles. The van der Waals surface area contributed by atoms with Crippen molar-refractivity contribution in [3.05, 3.63) is 86.5 Å². The summed E-state index contributed by atoms with van der Waals surface area (Å²) in [6.45, 7) is 5.48. The van der Waals surface area contributed by atoms with Crippen molar-refractivity contribution in [2.24, 2.45) is 0 Å². The van der Waals surface area contributed by atoms with Gasteiger partial charge in [-0.1, -0.05) is 38.1 Å². The number of aryl methyl sites for hydroxylation is 1. The molecule has 2 aromatic heterocycles. The summed E-state index contributed by atoms with van der Waals surface area (Å²) in [6, 6.07) is 13.2. The maximum Gasteiger partial charge on any atom is 0.293 e. The number of para-hydroxylation sites is 1. The number of rotatable bonds is 6. The molecule has 0 aliphatic heterocycles. The average Bonchev–Trinajstić information content (AvgIpc) is 3.21. The van der Waals surface area contributed by atoms with E-state index in [0.29, 0.717) is 16.6 Å². The van der Waals surface area contributed by atoms with Crippen LogP contribution in [0.15, 0.2) is 59.5 Å². The first-order valence-corrected chi connectivity index (χ1v) is 10.4. The number of amides is 1. The van der Waals surface area contributed by atoms with Crippen molar-refractivity contribution in [2.45, 2.75) is 33.2 Å². The lowest BCUT2D eigenvalue weighted by Gasteiger charge is -2.13. The van der Waals surface area contributed by atoms with E-state index in [2.05, 4.69) is 15.5 Å². The van der Waals surface area contributed by atoms with E-state index in [9.17, 15) is 19.7 Å². The molecule has 2 heterocycles. The molecule has 4 aromatic rings. The Morgan fingerprint density at radius 2 is 1.94 bits per heavy atom. The highest BCUT2D eigenvalue weighted by atomic mass is 16.6. The molecule has 0 spiro atoms. The molecule has 2 aromatic carbocycles. The zero-order valence-electron chi connectivity index (χ0n) is 18.3. The minimum absolute atomic E-state index is 0.0197. The quantitative estimate of drug-likeness (QED) is 0.357. The van der Waals surface area contributed by atoms with Crippen LogP contribution >= 0.6 is 0 Å². The van der Waals surface area contributed by atoms with Crippen LogP contribution in [0.25, 0.3) is 16.6 Å².